The van der Waals surface area contributed by atoms with Crippen LogP contribution in [-0.4, -0.2) is 13.2 Å². The van der Waals surface area contributed by atoms with Gasteiger partial charge in [-0.3, -0.25) is 0 Å². The monoisotopic (exact) mass is 294 g/mol. The third-order valence-corrected chi connectivity index (χ3v) is 4.69. The summed E-state index contributed by atoms with van der Waals surface area (Å²) in [5, 5.41) is 0.842. The van der Waals surface area contributed by atoms with Gasteiger partial charge >= 0.3 is 0 Å². The normalized spacial score (nSPS) is 22.9. The third kappa shape index (κ3) is 5.10. The van der Waals surface area contributed by atoms with Gasteiger partial charge in [0.2, 0.25) is 0 Å². The molecule has 0 saturated heterocycles. The molecule has 0 aromatic heterocycles. The maximum atomic E-state index is 5.96. The number of hydrogen-bond donors (Lipinski definition) is 0. The Morgan fingerprint density at radius 1 is 1.05 bits per heavy atom. The minimum Gasteiger partial charge on any atom is -0.381 e. The average Bonchev–Trinajstić information content (AvgIpc) is 2.49. The van der Waals surface area contributed by atoms with Gasteiger partial charge in [-0.05, 0) is 74.5 Å². The van der Waals surface area contributed by atoms with Crippen LogP contribution >= 0.6 is 11.6 Å². The number of hydrogen-bond acceptors (Lipinski definition) is 1. The van der Waals surface area contributed by atoms with Gasteiger partial charge in [0.15, 0.2) is 0 Å². The molecule has 2 heteroatoms. The van der Waals surface area contributed by atoms with E-state index >= 15 is 0 Å². The smallest absolute Gasteiger partial charge is 0.0466 e. The fourth-order valence-corrected chi connectivity index (χ4v) is 3.37. The topological polar surface area (TPSA) is 9.23 Å². The lowest BCUT2D eigenvalue weighted by Crippen LogP contribution is -2.14. The summed E-state index contributed by atoms with van der Waals surface area (Å²) in [6, 6.07) is 8.44. The Labute approximate surface area is 128 Å². The van der Waals surface area contributed by atoms with E-state index in [0.717, 1.165) is 36.5 Å². The van der Waals surface area contributed by atoms with Crippen molar-refractivity contribution in [3.05, 3.63) is 34.9 Å². The second-order valence-corrected chi connectivity index (χ2v) is 6.46. The third-order valence-electron chi connectivity index (χ3n) is 4.44. The highest BCUT2D eigenvalue weighted by Gasteiger charge is 2.21. The van der Waals surface area contributed by atoms with Gasteiger partial charge in [0, 0.05) is 18.2 Å². The van der Waals surface area contributed by atoms with E-state index in [9.17, 15) is 0 Å². The van der Waals surface area contributed by atoms with Gasteiger partial charge in [0.25, 0.3) is 0 Å². The first-order valence-corrected chi connectivity index (χ1v) is 8.50. The van der Waals surface area contributed by atoms with E-state index in [2.05, 4.69) is 19.1 Å². The molecule has 1 saturated carbocycles. The van der Waals surface area contributed by atoms with Crippen LogP contribution in [-0.2, 0) is 4.74 Å². The molecule has 0 bridgehead atoms. The van der Waals surface area contributed by atoms with E-state index < -0.39 is 0 Å². The van der Waals surface area contributed by atoms with Crippen LogP contribution in [0, 0.1) is 5.92 Å². The van der Waals surface area contributed by atoms with E-state index in [4.69, 9.17) is 16.3 Å². The van der Waals surface area contributed by atoms with Gasteiger partial charge in [-0.2, -0.15) is 0 Å². The zero-order valence-electron chi connectivity index (χ0n) is 12.6. The lowest BCUT2D eigenvalue weighted by Gasteiger charge is -2.28. The summed E-state index contributed by atoms with van der Waals surface area (Å²) < 4.78 is 5.56. The summed E-state index contributed by atoms with van der Waals surface area (Å²) in [4.78, 5) is 0. The fourth-order valence-electron chi connectivity index (χ4n) is 3.24. The first kappa shape index (κ1) is 15.9. The zero-order chi connectivity index (χ0) is 14.2. The van der Waals surface area contributed by atoms with Gasteiger partial charge in [-0.25, -0.2) is 0 Å². The molecule has 0 atom stereocenters. The van der Waals surface area contributed by atoms with Crippen molar-refractivity contribution in [3.63, 3.8) is 0 Å². The molecule has 1 aliphatic rings. The minimum atomic E-state index is 0.750. The Bertz CT molecular complexity index is 366. The molecule has 1 aromatic carbocycles. The Hall–Kier alpha value is -0.530. The molecule has 0 N–H and O–H groups in total. The Morgan fingerprint density at radius 2 is 1.75 bits per heavy atom. The first-order chi connectivity index (χ1) is 9.79. The summed E-state index contributed by atoms with van der Waals surface area (Å²) in [7, 11) is 0. The summed E-state index contributed by atoms with van der Waals surface area (Å²) in [5.41, 5.74) is 1.47. The van der Waals surface area contributed by atoms with Gasteiger partial charge in [0.05, 0.1) is 0 Å². The van der Waals surface area contributed by atoms with Crippen LogP contribution in [0.15, 0.2) is 24.3 Å². The first-order valence-electron chi connectivity index (χ1n) is 8.12. The van der Waals surface area contributed by atoms with Gasteiger partial charge in [-0.15, -0.1) is 0 Å². The maximum absolute atomic E-state index is 5.96. The van der Waals surface area contributed by atoms with Crippen LogP contribution in [0.2, 0.25) is 5.02 Å². The van der Waals surface area contributed by atoms with Gasteiger partial charge < -0.3 is 4.74 Å². The summed E-state index contributed by atoms with van der Waals surface area (Å²) in [6.45, 7) is 4.03. The largest absolute Gasteiger partial charge is 0.381 e. The molecule has 1 fully saturated rings. The van der Waals surface area contributed by atoms with Crippen molar-refractivity contribution < 1.29 is 4.74 Å². The molecular formula is C18H27ClO. The number of halogens is 1. The standard InChI is InChI=1S/C18H27ClO/c1-2-13-20-14-3-4-15-5-7-16(8-6-15)17-9-11-18(19)12-10-17/h9-12,15-16H,2-8,13-14H2,1H3. The molecule has 20 heavy (non-hydrogen) atoms. The molecule has 2 rings (SSSR count). The lowest BCUT2D eigenvalue weighted by molar-refractivity contribution is 0.124. The second kappa shape index (κ2) is 8.69. The van der Waals surface area contributed by atoms with Crippen molar-refractivity contribution in [1.29, 1.82) is 0 Å². The van der Waals surface area contributed by atoms with Crippen molar-refractivity contribution in [1.82, 2.24) is 0 Å². The predicted molar refractivity (Wildman–Crippen MR) is 86.5 cm³/mol. The molecule has 0 amide bonds. The summed E-state index contributed by atoms with van der Waals surface area (Å²) in [5.74, 6) is 1.67. The highest BCUT2D eigenvalue weighted by Crippen LogP contribution is 2.37. The Kier molecular flexibility index (Phi) is 6.89. The molecule has 0 unspecified atom stereocenters. The molecule has 0 heterocycles. The molecule has 112 valence electrons. The molecule has 1 aliphatic carbocycles. The zero-order valence-corrected chi connectivity index (χ0v) is 13.4. The molecule has 0 spiro atoms. The van der Waals surface area contributed by atoms with E-state index in [-0.39, 0.29) is 0 Å². The quantitative estimate of drug-likeness (QED) is 0.576. The van der Waals surface area contributed by atoms with Crippen LogP contribution in [0.25, 0.3) is 0 Å². The summed E-state index contributed by atoms with van der Waals surface area (Å²) in [6.07, 6.45) is 9.13. The molecule has 1 aromatic rings. The van der Waals surface area contributed by atoms with Crippen LogP contribution in [0.4, 0.5) is 0 Å². The Balaban J connectivity index is 1.66. The minimum absolute atomic E-state index is 0.750. The molecule has 0 radical (unpaired) electrons. The van der Waals surface area contributed by atoms with Crippen molar-refractivity contribution in [2.45, 2.75) is 57.8 Å². The molecule has 0 aliphatic heterocycles. The molecule has 1 nitrogen and oxygen atoms in total. The van der Waals surface area contributed by atoms with E-state index in [0.29, 0.717) is 0 Å². The van der Waals surface area contributed by atoms with E-state index in [1.807, 2.05) is 12.1 Å². The Morgan fingerprint density at radius 3 is 2.40 bits per heavy atom. The second-order valence-electron chi connectivity index (χ2n) is 6.02. The average molecular weight is 295 g/mol. The van der Waals surface area contributed by atoms with Crippen molar-refractivity contribution in [3.8, 4) is 0 Å². The number of benzene rings is 1. The number of rotatable bonds is 7. The predicted octanol–water partition coefficient (Wildman–Crippen LogP) is 5.82. The molecular weight excluding hydrogens is 268 g/mol. The lowest BCUT2D eigenvalue weighted by atomic mass is 9.77. The van der Waals surface area contributed by atoms with Crippen LogP contribution in [0.3, 0.4) is 0 Å². The van der Waals surface area contributed by atoms with E-state index in [1.54, 1.807) is 0 Å². The van der Waals surface area contributed by atoms with Crippen molar-refractivity contribution >= 4 is 11.6 Å². The SMILES string of the molecule is CCCOCCCC1CCC(c2ccc(Cl)cc2)CC1. The van der Waals surface area contributed by atoms with Crippen molar-refractivity contribution in [2.75, 3.05) is 13.2 Å². The number of ether oxygens (including phenoxy) is 1. The highest BCUT2D eigenvalue weighted by molar-refractivity contribution is 6.30. The fraction of sp³-hybridized carbons (Fsp3) is 0.667. The summed E-state index contributed by atoms with van der Waals surface area (Å²) >= 11 is 5.96. The van der Waals surface area contributed by atoms with Gasteiger partial charge in [-0.1, -0.05) is 30.7 Å². The van der Waals surface area contributed by atoms with Crippen LogP contribution in [0.1, 0.15) is 63.4 Å². The van der Waals surface area contributed by atoms with Crippen molar-refractivity contribution in [2.24, 2.45) is 5.92 Å². The highest BCUT2D eigenvalue weighted by atomic mass is 35.5. The van der Waals surface area contributed by atoms with Gasteiger partial charge in [0.1, 0.15) is 0 Å². The van der Waals surface area contributed by atoms with E-state index in [1.165, 1.54) is 44.1 Å². The van der Waals surface area contributed by atoms with Crippen LogP contribution in [0.5, 0.6) is 0 Å². The van der Waals surface area contributed by atoms with Crippen LogP contribution < -0.4 is 0 Å². The maximum Gasteiger partial charge on any atom is 0.0466 e.